The van der Waals surface area contributed by atoms with E-state index in [1.54, 1.807) is 36.2 Å². The lowest BCUT2D eigenvalue weighted by atomic mass is 10.1. The number of nitrogens with zero attached hydrogens (tertiary/aromatic N) is 1. The van der Waals surface area contributed by atoms with E-state index >= 15 is 0 Å². The highest BCUT2D eigenvalue weighted by Crippen LogP contribution is 2.23. The van der Waals surface area contributed by atoms with Crippen molar-refractivity contribution in [2.75, 3.05) is 18.1 Å². The molecule has 0 aromatic heterocycles. The Morgan fingerprint density at radius 3 is 2.48 bits per heavy atom. The van der Waals surface area contributed by atoms with Gasteiger partial charge in [0, 0.05) is 36.7 Å². The zero-order chi connectivity index (χ0) is 20.0. The molecule has 0 aliphatic rings. The largest absolute Gasteiger partial charge is 0.342 e. The van der Waals surface area contributed by atoms with Crippen molar-refractivity contribution >= 4 is 35.0 Å². The van der Waals surface area contributed by atoms with Gasteiger partial charge < -0.3 is 10.2 Å². The molecule has 1 N–H and O–H groups in total. The summed E-state index contributed by atoms with van der Waals surface area (Å²) in [7, 11) is 1.70. The Labute approximate surface area is 161 Å². The van der Waals surface area contributed by atoms with Gasteiger partial charge in [-0.05, 0) is 36.8 Å². The quantitative estimate of drug-likeness (QED) is 0.580. The van der Waals surface area contributed by atoms with Crippen molar-refractivity contribution in [1.82, 2.24) is 4.90 Å². The van der Waals surface area contributed by atoms with Crippen LogP contribution >= 0.6 is 11.8 Å². The van der Waals surface area contributed by atoms with Gasteiger partial charge in [0.2, 0.25) is 11.8 Å². The average molecular weight is 388 g/mol. The van der Waals surface area contributed by atoms with Gasteiger partial charge in [-0.25, -0.2) is 4.39 Å². The maximum atomic E-state index is 14.0. The number of thioether (sulfide) groups is 1. The molecule has 0 aliphatic carbocycles. The standard InChI is InChI=1S/C20H21FN2O3S/c1-13(24)16-7-8-19(18(21)10-16)27-12-20(26)22-17-6-4-5-15(9-17)11-23(3)14(2)25/h4-10H,11-12H2,1-3H3,(H,22,26). The number of ketones is 1. The smallest absolute Gasteiger partial charge is 0.234 e. The zero-order valence-electron chi connectivity index (χ0n) is 15.4. The third-order valence-electron chi connectivity index (χ3n) is 3.87. The molecule has 2 rings (SSSR count). The van der Waals surface area contributed by atoms with Crippen LogP contribution in [0.3, 0.4) is 0 Å². The number of carbonyl (C=O) groups excluding carboxylic acids is 3. The summed E-state index contributed by atoms with van der Waals surface area (Å²) in [4.78, 5) is 36.6. The number of hydrogen-bond acceptors (Lipinski definition) is 4. The van der Waals surface area contributed by atoms with E-state index in [0.717, 1.165) is 17.3 Å². The second-order valence-corrected chi connectivity index (χ2v) is 7.13. The van der Waals surface area contributed by atoms with Crippen molar-refractivity contribution in [3.63, 3.8) is 0 Å². The van der Waals surface area contributed by atoms with Crippen molar-refractivity contribution in [1.29, 1.82) is 0 Å². The summed E-state index contributed by atoms with van der Waals surface area (Å²) >= 11 is 1.06. The Balaban J connectivity index is 1.94. The zero-order valence-corrected chi connectivity index (χ0v) is 16.2. The fraction of sp³-hybridized carbons (Fsp3) is 0.250. The molecule has 0 radical (unpaired) electrons. The molecule has 0 aliphatic heterocycles. The molecule has 2 aromatic rings. The molecule has 0 saturated heterocycles. The summed E-state index contributed by atoms with van der Waals surface area (Å²) in [6.07, 6.45) is 0. The van der Waals surface area contributed by atoms with Crippen LogP contribution < -0.4 is 5.32 Å². The fourth-order valence-corrected chi connectivity index (χ4v) is 3.03. The molecule has 2 aromatic carbocycles. The van der Waals surface area contributed by atoms with Crippen LogP contribution in [-0.2, 0) is 16.1 Å². The second-order valence-electron chi connectivity index (χ2n) is 6.11. The first-order chi connectivity index (χ1) is 12.8. The summed E-state index contributed by atoms with van der Waals surface area (Å²) in [5.41, 5.74) is 1.81. The summed E-state index contributed by atoms with van der Waals surface area (Å²) in [5.74, 6) is -1.01. The van der Waals surface area contributed by atoms with Gasteiger partial charge in [0.15, 0.2) is 5.78 Å². The number of Topliss-reactive ketones (excluding diaryl/α,β-unsaturated/α-hetero) is 1. The maximum absolute atomic E-state index is 14.0. The molecular formula is C20H21FN2O3S. The molecule has 5 nitrogen and oxygen atoms in total. The van der Waals surface area contributed by atoms with Gasteiger partial charge in [-0.1, -0.05) is 18.2 Å². The molecule has 0 fully saturated rings. The van der Waals surface area contributed by atoms with Crippen LogP contribution in [0.5, 0.6) is 0 Å². The predicted molar refractivity (Wildman–Crippen MR) is 104 cm³/mol. The van der Waals surface area contributed by atoms with E-state index in [9.17, 15) is 18.8 Å². The Kier molecular flexibility index (Phi) is 7.12. The summed E-state index contributed by atoms with van der Waals surface area (Å²) in [6.45, 7) is 3.31. The normalized spacial score (nSPS) is 10.4. The SMILES string of the molecule is CC(=O)c1ccc(SCC(=O)Nc2cccc(CN(C)C(C)=O)c2)c(F)c1. The minimum atomic E-state index is -0.519. The predicted octanol–water partition coefficient (Wildman–Crippen LogP) is 3.74. The molecule has 2 amide bonds. The van der Waals surface area contributed by atoms with Gasteiger partial charge in [0.05, 0.1) is 5.75 Å². The molecular weight excluding hydrogens is 367 g/mol. The third-order valence-corrected chi connectivity index (χ3v) is 4.91. The number of carbonyl (C=O) groups is 3. The first-order valence-electron chi connectivity index (χ1n) is 8.30. The van der Waals surface area contributed by atoms with E-state index in [-0.39, 0.29) is 23.4 Å². The lowest BCUT2D eigenvalue weighted by molar-refractivity contribution is -0.128. The van der Waals surface area contributed by atoms with Crippen LogP contribution in [0, 0.1) is 5.82 Å². The third kappa shape index (κ3) is 6.21. The van der Waals surface area contributed by atoms with Crippen LogP contribution in [0.4, 0.5) is 10.1 Å². The van der Waals surface area contributed by atoms with Crippen molar-refractivity contribution in [3.05, 3.63) is 59.4 Å². The Bertz CT molecular complexity index is 870. The highest BCUT2D eigenvalue weighted by Gasteiger charge is 2.10. The Hall–Kier alpha value is -2.67. The van der Waals surface area contributed by atoms with Crippen LogP contribution in [0.15, 0.2) is 47.4 Å². The van der Waals surface area contributed by atoms with E-state index in [0.29, 0.717) is 22.7 Å². The molecule has 0 spiro atoms. The highest BCUT2D eigenvalue weighted by molar-refractivity contribution is 8.00. The molecule has 142 valence electrons. The van der Waals surface area contributed by atoms with Gasteiger partial charge in [0.1, 0.15) is 5.82 Å². The summed E-state index contributed by atoms with van der Waals surface area (Å²) in [5, 5.41) is 2.76. The second kappa shape index (κ2) is 9.32. The van der Waals surface area contributed by atoms with E-state index < -0.39 is 5.82 Å². The maximum Gasteiger partial charge on any atom is 0.234 e. The van der Waals surface area contributed by atoms with Crippen LogP contribution in [0.25, 0.3) is 0 Å². The summed E-state index contributed by atoms with van der Waals surface area (Å²) in [6, 6.07) is 11.4. The van der Waals surface area contributed by atoms with Crippen molar-refractivity contribution in [3.8, 4) is 0 Å². The number of hydrogen-bond donors (Lipinski definition) is 1. The molecule has 0 unspecified atom stereocenters. The van der Waals surface area contributed by atoms with Crippen molar-refractivity contribution < 1.29 is 18.8 Å². The fourth-order valence-electron chi connectivity index (χ4n) is 2.31. The lowest BCUT2D eigenvalue weighted by Gasteiger charge is -2.15. The Morgan fingerprint density at radius 1 is 1.11 bits per heavy atom. The van der Waals surface area contributed by atoms with Gasteiger partial charge in [0.25, 0.3) is 0 Å². The molecule has 0 bridgehead atoms. The number of anilines is 1. The summed E-state index contributed by atoms with van der Waals surface area (Å²) < 4.78 is 14.0. The van der Waals surface area contributed by atoms with Crippen LogP contribution in [0.2, 0.25) is 0 Å². The van der Waals surface area contributed by atoms with E-state index in [1.165, 1.54) is 26.0 Å². The topological polar surface area (TPSA) is 66.5 Å². The Morgan fingerprint density at radius 2 is 1.85 bits per heavy atom. The first-order valence-corrected chi connectivity index (χ1v) is 9.28. The molecule has 27 heavy (non-hydrogen) atoms. The molecule has 0 heterocycles. The minimum Gasteiger partial charge on any atom is -0.342 e. The van der Waals surface area contributed by atoms with Crippen LogP contribution in [-0.4, -0.2) is 35.3 Å². The van der Waals surface area contributed by atoms with E-state index in [1.807, 2.05) is 6.07 Å². The average Bonchev–Trinajstić information content (AvgIpc) is 2.60. The number of rotatable bonds is 7. The molecule has 7 heteroatoms. The number of amides is 2. The van der Waals surface area contributed by atoms with Crippen LogP contribution in [0.1, 0.15) is 29.8 Å². The number of halogens is 1. The van der Waals surface area contributed by atoms with Gasteiger partial charge in [-0.3, -0.25) is 14.4 Å². The van der Waals surface area contributed by atoms with Gasteiger partial charge >= 0.3 is 0 Å². The monoisotopic (exact) mass is 388 g/mol. The van der Waals surface area contributed by atoms with Crippen molar-refractivity contribution in [2.45, 2.75) is 25.3 Å². The number of nitrogens with one attached hydrogen (secondary N) is 1. The minimum absolute atomic E-state index is 0.0356. The van der Waals surface area contributed by atoms with Crippen molar-refractivity contribution in [2.24, 2.45) is 0 Å². The highest BCUT2D eigenvalue weighted by atomic mass is 32.2. The number of benzene rings is 2. The van der Waals surface area contributed by atoms with E-state index in [2.05, 4.69) is 5.32 Å². The lowest BCUT2D eigenvalue weighted by Crippen LogP contribution is -2.23. The van der Waals surface area contributed by atoms with E-state index in [4.69, 9.17) is 0 Å². The molecule has 0 atom stereocenters. The first kappa shape index (κ1) is 20.6. The molecule has 0 saturated carbocycles. The van der Waals surface area contributed by atoms with Gasteiger partial charge in [-0.15, -0.1) is 11.8 Å². The van der Waals surface area contributed by atoms with Gasteiger partial charge in [-0.2, -0.15) is 0 Å².